The van der Waals surface area contributed by atoms with Crippen molar-refractivity contribution in [2.24, 2.45) is 0 Å². The fourth-order valence-electron chi connectivity index (χ4n) is 1.83. The third-order valence-corrected chi connectivity index (χ3v) is 3.10. The second-order valence-corrected chi connectivity index (χ2v) is 4.65. The van der Waals surface area contributed by atoms with Gasteiger partial charge in [0.25, 0.3) is 5.88 Å². The van der Waals surface area contributed by atoms with Crippen LogP contribution in [0.15, 0.2) is 22.7 Å². The van der Waals surface area contributed by atoms with Crippen LogP contribution in [0.25, 0.3) is 11.0 Å². The summed E-state index contributed by atoms with van der Waals surface area (Å²) in [5.74, 6) is 0.504. The molecule has 0 aliphatic carbocycles. The van der Waals surface area contributed by atoms with Crippen LogP contribution in [-0.4, -0.2) is 24.9 Å². The van der Waals surface area contributed by atoms with Gasteiger partial charge in [0.05, 0.1) is 5.39 Å². The number of rotatable bonds is 6. The van der Waals surface area contributed by atoms with Gasteiger partial charge in [0.15, 0.2) is 5.58 Å². The molecule has 2 rings (SSSR count). The molecule has 0 radical (unpaired) electrons. The van der Waals surface area contributed by atoms with Crippen molar-refractivity contribution in [3.05, 3.63) is 23.2 Å². The molecule has 0 bridgehead atoms. The molecule has 1 heterocycles. The van der Waals surface area contributed by atoms with Gasteiger partial charge in [-0.05, 0) is 36.8 Å². The molecule has 0 fully saturated rings. The Kier molecular flexibility index (Phi) is 6.42. The van der Waals surface area contributed by atoms with Crippen molar-refractivity contribution in [2.75, 3.05) is 13.7 Å². The van der Waals surface area contributed by atoms with Crippen LogP contribution in [0.2, 0.25) is 5.02 Å². The molecule has 0 aliphatic heterocycles. The highest BCUT2D eigenvalue weighted by Gasteiger charge is 2.12. The Morgan fingerprint density at radius 2 is 2.26 bits per heavy atom. The van der Waals surface area contributed by atoms with Crippen LogP contribution in [0.5, 0.6) is 5.88 Å². The summed E-state index contributed by atoms with van der Waals surface area (Å²) < 4.78 is 10.9. The van der Waals surface area contributed by atoms with Crippen molar-refractivity contribution < 1.29 is 9.26 Å². The van der Waals surface area contributed by atoms with E-state index >= 15 is 0 Å². The first kappa shape index (κ1) is 16.1. The number of nitrogens with one attached hydrogen (secondary N) is 1. The van der Waals surface area contributed by atoms with Gasteiger partial charge in [0, 0.05) is 11.1 Å². The lowest BCUT2D eigenvalue weighted by Gasteiger charge is -2.14. The standard InChI is InChI=1S/C13H17ClN2O2.ClH/c1-3-4-10(15-2)8-17-13-11-7-9(14)5-6-12(11)18-16-13;/h5-7,10,15H,3-4,8H2,1-2H3;1H. The van der Waals surface area contributed by atoms with E-state index in [0.29, 0.717) is 29.1 Å². The second kappa shape index (κ2) is 7.58. The Morgan fingerprint density at radius 3 is 2.95 bits per heavy atom. The van der Waals surface area contributed by atoms with Crippen LogP contribution in [-0.2, 0) is 0 Å². The molecule has 106 valence electrons. The summed E-state index contributed by atoms with van der Waals surface area (Å²) in [6.45, 7) is 2.72. The molecule has 19 heavy (non-hydrogen) atoms. The minimum Gasteiger partial charge on any atom is -0.473 e. The highest BCUT2D eigenvalue weighted by atomic mass is 35.5. The van der Waals surface area contributed by atoms with Crippen molar-refractivity contribution >= 4 is 35.0 Å². The van der Waals surface area contributed by atoms with Crippen LogP contribution < -0.4 is 10.1 Å². The van der Waals surface area contributed by atoms with Crippen LogP contribution in [0, 0.1) is 0 Å². The molecule has 0 aliphatic rings. The highest BCUT2D eigenvalue weighted by Crippen LogP contribution is 2.27. The third-order valence-electron chi connectivity index (χ3n) is 2.87. The van der Waals surface area contributed by atoms with E-state index in [0.717, 1.165) is 18.2 Å². The summed E-state index contributed by atoms with van der Waals surface area (Å²) >= 11 is 5.95. The molecule has 0 spiro atoms. The van der Waals surface area contributed by atoms with E-state index in [1.54, 1.807) is 18.2 Å². The predicted molar refractivity (Wildman–Crippen MR) is 79.5 cm³/mol. The largest absolute Gasteiger partial charge is 0.473 e. The molecule has 2 aromatic rings. The first-order valence-electron chi connectivity index (χ1n) is 6.09. The Balaban J connectivity index is 0.00000180. The van der Waals surface area contributed by atoms with E-state index in [4.69, 9.17) is 20.9 Å². The first-order valence-corrected chi connectivity index (χ1v) is 6.47. The molecular formula is C13H18Cl2N2O2. The topological polar surface area (TPSA) is 47.3 Å². The molecular weight excluding hydrogens is 287 g/mol. The lowest BCUT2D eigenvalue weighted by atomic mass is 10.2. The minimum atomic E-state index is 0. The van der Waals surface area contributed by atoms with Crippen molar-refractivity contribution in [1.29, 1.82) is 0 Å². The maximum absolute atomic E-state index is 5.95. The number of aromatic nitrogens is 1. The Labute approximate surface area is 123 Å². The van der Waals surface area contributed by atoms with Gasteiger partial charge in [-0.2, -0.15) is 0 Å². The molecule has 1 aromatic heterocycles. The van der Waals surface area contributed by atoms with Gasteiger partial charge in [0.1, 0.15) is 6.61 Å². The second-order valence-electron chi connectivity index (χ2n) is 4.21. The predicted octanol–water partition coefficient (Wildman–Crippen LogP) is 3.67. The molecule has 1 atom stereocenters. The van der Waals surface area contributed by atoms with E-state index < -0.39 is 0 Å². The SMILES string of the molecule is CCCC(COc1noc2ccc(Cl)cc12)NC.Cl. The van der Waals surface area contributed by atoms with Crippen LogP contribution in [0.4, 0.5) is 0 Å². The van der Waals surface area contributed by atoms with E-state index in [1.165, 1.54) is 0 Å². The summed E-state index contributed by atoms with van der Waals surface area (Å²) in [6.07, 6.45) is 2.17. The quantitative estimate of drug-likeness (QED) is 0.884. The van der Waals surface area contributed by atoms with Crippen molar-refractivity contribution in [3.8, 4) is 5.88 Å². The summed E-state index contributed by atoms with van der Waals surface area (Å²) in [5, 5.41) is 8.60. The number of hydrogen-bond donors (Lipinski definition) is 1. The average Bonchev–Trinajstić information content (AvgIpc) is 2.77. The fourth-order valence-corrected chi connectivity index (χ4v) is 2.00. The van der Waals surface area contributed by atoms with Gasteiger partial charge in [-0.3, -0.25) is 0 Å². The first-order chi connectivity index (χ1) is 8.74. The van der Waals surface area contributed by atoms with Gasteiger partial charge >= 0.3 is 0 Å². The molecule has 0 amide bonds. The number of nitrogens with zero attached hydrogens (tertiary/aromatic N) is 1. The van der Waals surface area contributed by atoms with Crippen LogP contribution in [0.3, 0.4) is 0 Å². The Morgan fingerprint density at radius 1 is 1.47 bits per heavy atom. The molecule has 1 aromatic carbocycles. The molecule has 1 N–H and O–H groups in total. The van der Waals surface area contributed by atoms with Gasteiger partial charge < -0.3 is 14.6 Å². The number of likely N-dealkylation sites (N-methyl/N-ethyl adjacent to an activating group) is 1. The molecule has 1 unspecified atom stereocenters. The number of fused-ring (bicyclic) bond motifs is 1. The van der Waals surface area contributed by atoms with Crippen molar-refractivity contribution in [1.82, 2.24) is 10.5 Å². The highest BCUT2D eigenvalue weighted by molar-refractivity contribution is 6.31. The zero-order valence-corrected chi connectivity index (χ0v) is 12.6. The zero-order valence-electron chi connectivity index (χ0n) is 11.0. The van der Waals surface area contributed by atoms with E-state index in [-0.39, 0.29) is 12.4 Å². The van der Waals surface area contributed by atoms with E-state index in [1.807, 2.05) is 7.05 Å². The Bertz CT molecular complexity index is 516. The normalized spacial score (nSPS) is 12.2. The van der Waals surface area contributed by atoms with E-state index in [2.05, 4.69) is 17.4 Å². The molecule has 0 saturated heterocycles. The van der Waals surface area contributed by atoms with Gasteiger partial charge in [0.2, 0.25) is 0 Å². The van der Waals surface area contributed by atoms with E-state index in [9.17, 15) is 0 Å². The third kappa shape index (κ3) is 4.00. The van der Waals surface area contributed by atoms with Crippen molar-refractivity contribution in [3.63, 3.8) is 0 Å². The lowest BCUT2D eigenvalue weighted by molar-refractivity contribution is 0.242. The average molecular weight is 305 g/mol. The number of ether oxygens (including phenoxy) is 1. The summed E-state index contributed by atoms with van der Waals surface area (Å²) in [7, 11) is 1.93. The Hall–Kier alpha value is -0.970. The number of halogens is 2. The van der Waals surface area contributed by atoms with Gasteiger partial charge in [-0.15, -0.1) is 12.4 Å². The number of hydrogen-bond acceptors (Lipinski definition) is 4. The summed E-state index contributed by atoms with van der Waals surface area (Å²) in [5.41, 5.74) is 0.686. The summed E-state index contributed by atoms with van der Waals surface area (Å²) in [4.78, 5) is 0. The number of benzene rings is 1. The minimum absolute atomic E-state index is 0. The monoisotopic (exact) mass is 304 g/mol. The molecule has 6 heteroatoms. The summed E-state index contributed by atoms with van der Waals surface area (Å²) in [6, 6.07) is 5.68. The van der Waals surface area contributed by atoms with Crippen LogP contribution >= 0.6 is 24.0 Å². The van der Waals surface area contributed by atoms with Gasteiger partial charge in [-0.1, -0.05) is 24.9 Å². The molecule has 4 nitrogen and oxygen atoms in total. The molecule has 0 saturated carbocycles. The lowest BCUT2D eigenvalue weighted by Crippen LogP contribution is -2.31. The van der Waals surface area contributed by atoms with Crippen LogP contribution in [0.1, 0.15) is 19.8 Å². The smallest absolute Gasteiger partial charge is 0.262 e. The fraction of sp³-hybridized carbons (Fsp3) is 0.462. The maximum atomic E-state index is 5.95. The maximum Gasteiger partial charge on any atom is 0.262 e. The van der Waals surface area contributed by atoms with Gasteiger partial charge in [-0.25, -0.2) is 0 Å². The zero-order chi connectivity index (χ0) is 13.0. The van der Waals surface area contributed by atoms with Crippen molar-refractivity contribution in [2.45, 2.75) is 25.8 Å².